The van der Waals surface area contributed by atoms with E-state index in [1.54, 1.807) is 11.8 Å². The topological polar surface area (TPSA) is 46.5 Å². The lowest BCUT2D eigenvalue weighted by Crippen LogP contribution is -2.30. The summed E-state index contributed by atoms with van der Waals surface area (Å²) in [6, 6.07) is 25.6. The number of hydrogen-bond donors (Lipinski definition) is 1. The molecule has 0 bridgehead atoms. The minimum Gasteiger partial charge on any atom is -0.478 e. The first-order valence-corrected chi connectivity index (χ1v) is 10.2. The fourth-order valence-electron chi connectivity index (χ4n) is 2.98. The third-order valence-electron chi connectivity index (χ3n) is 4.43. The number of para-hydroxylation sites is 1. The first-order valence-electron chi connectivity index (χ1n) is 9.34. The number of aliphatic carboxylic acids is 1. The van der Waals surface area contributed by atoms with Gasteiger partial charge in [-0.25, -0.2) is 4.79 Å². The second kappa shape index (κ2) is 9.47. The van der Waals surface area contributed by atoms with Gasteiger partial charge in [-0.05, 0) is 41.3 Å². The van der Waals surface area contributed by atoms with Crippen molar-refractivity contribution in [3.63, 3.8) is 0 Å². The molecule has 28 heavy (non-hydrogen) atoms. The molecule has 0 aromatic heterocycles. The van der Waals surface area contributed by atoms with Gasteiger partial charge >= 0.3 is 5.97 Å². The van der Waals surface area contributed by atoms with E-state index >= 15 is 0 Å². The van der Waals surface area contributed by atoms with Crippen molar-refractivity contribution in [2.75, 3.05) is 0 Å². The van der Waals surface area contributed by atoms with Crippen molar-refractivity contribution in [1.29, 1.82) is 0 Å². The summed E-state index contributed by atoms with van der Waals surface area (Å²) >= 11 is 1.63. The molecule has 0 aliphatic rings. The SMILES string of the molecule is CC(C)c1ccccc1O[C@@H](Cc1ccccc1Sc1ccccc1)C(=O)O. The predicted octanol–water partition coefficient (Wildman–Crippen LogP) is 6.04. The van der Waals surface area contributed by atoms with Gasteiger partial charge in [0.2, 0.25) is 0 Å². The molecule has 3 nitrogen and oxygen atoms in total. The van der Waals surface area contributed by atoms with Crippen molar-refractivity contribution >= 4 is 17.7 Å². The van der Waals surface area contributed by atoms with Gasteiger partial charge in [0.1, 0.15) is 5.75 Å². The number of carbonyl (C=O) groups is 1. The highest BCUT2D eigenvalue weighted by Crippen LogP contribution is 2.32. The lowest BCUT2D eigenvalue weighted by molar-refractivity contribution is -0.145. The first kappa shape index (κ1) is 20.0. The standard InChI is InChI=1S/C24H24O3S/c1-17(2)20-13-7-8-14-21(20)27-22(24(25)26)16-18-10-6-9-15-23(18)28-19-11-4-3-5-12-19/h3-15,17,22H,16H2,1-2H3,(H,25,26)/t22-/m0/s1. The molecule has 144 valence electrons. The Kier molecular flexibility index (Phi) is 6.77. The summed E-state index contributed by atoms with van der Waals surface area (Å²) in [6.45, 7) is 4.15. The summed E-state index contributed by atoms with van der Waals surface area (Å²) in [7, 11) is 0. The third-order valence-corrected chi connectivity index (χ3v) is 5.56. The number of carboxylic acids is 1. The molecule has 4 heteroatoms. The van der Waals surface area contributed by atoms with Gasteiger partial charge in [-0.3, -0.25) is 0 Å². The van der Waals surface area contributed by atoms with Crippen molar-refractivity contribution in [2.45, 2.75) is 42.1 Å². The van der Waals surface area contributed by atoms with Crippen LogP contribution in [-0.2, 0) is 11.2 Å². The molecule has 0 fully saturated rings. The third kappa shape index (κ3) is 5.17. The van der Waals surface area contributed by atoms with Gasteiger partial charge in [0, 0.05) is 16.2 Å². The zero-order chi connectivity index (χ0) is 19.9. The molecule has 3 aromatic rings. The Morgan fingerprint density at radius 2 is 1.57 bits per heavy atom. The number of ether oxygens (including phenoxy) is 1. The van der Waals surface area contributed by atoms with Crippen LogP contribution < -0.4 is 4.74 Å². The van der Waals surface area contributed by atoms with Crippen LogP contribution in [0.1, 0.15) is 30.9 Å². The molecule has 1 N–H and O–H groups in total. The van der Waals surface area contributed by atoms with Crippen molar-refractivity contribution in [3.05, 3.63) is 90.0 Å². The van der Waals surface area contributed by atoms with Gasteiger partial charge in [0.05, 0.1) is 0 Å². The Labute approximate surface area is 170 Å². The molecule has 0 spiro atoms. The van der Waals surface area contributed by atoms with Crippen molar-refractivity contribution in [2.24, 2.45) is 0 Å². The Morgan fingerprint density at radius 3 is 2.29 bits per heavy atom. The van der Waals surface area contributed by atoms with E-state index in [0.717, 1.165) is 20.9 Å². The molecule has 0 saturated carbocycles. The Bertz CT molecular complexity index is 922. The Hall–Kier alpha value is -2.72. The highest BCUT2D eigenvalue weighted by atomic mass is 32.2. The largest absolute Gasteiger partial charge is 0.478 e. The molecule has 1 atom stereocenters. The quantitative estimate of drug-likeness (QED) is 0.508. The van der Waals surface area contributed by atoms with E-state index in [2.05, 4.69) is 13.8 Å². The maximum absolute atomic E-state index is 11.9. The minimum atomic E-state index is -0.960. The Morgan fingerprint density at radius 1 is 0.929 bits per heavy atom. The summed E-state index contributed by atoms with van der Waals surface area (Å²) in [5.41, 5.74) is 1.98. The fraction of sp³-hybridized carbons (Fsp3) is 0.208. The van der Waals surface area contributed by atoms with Crippen molar-refractivity contribution < 1.29 is 14.6 Å². The summed E-state index contributed by atoms with van der Waals surface area (Å²) < 4.78 is 5.97. The van der Waals surface area contributed by atoms with E-state index < -0.39 is 12.1 Å². The highest BCUT2D eigenvalue weighted by molar-refractivity contribution is 7.99. The van der Waals surface area contributed by atoms with Crippen molar-refractivity contribution in [1.82, 2.24) is 0 Å². The molecular weight excluding hydrogens is 368 g/mol. The summed E-state index contributed by atoms with van der Waals surface area (Å²) in [4.78, 5) is 14.1. The smallest absolute Gasteiger partial charge is 0.345 e. The van der Waals surface area contributed by atoms with E-state index in [-0.39, 0.29) is 5.92 Å². The monoisotopic (exact) mass is 392 g/mol. The second-order valence-corrected chi connectivity index (χ2v) is 7.98. The highest BCUT2D eigenvalue weighted by Gasteiger charge is 2.23. The van der Waals surface area contributed by atoms with Gasteiger partial charge in [0.15, 0.2) is 6.10 Å². The van der Waals surface area contributed by atoms with Crippen LogP contribution in [0, 0.1) is 0 Å². The van der Waals surface area contributed by atoms with Crippen LogP contribution in [-0.4, -0.2) is 17.2 Å². The van der Waals surface area contributed by atoms with Gasteiger partial charge in [0.25, 0.3) is 0 Å². The first-order chi connectivity index (χ1) is 13.5. The lowest BCUT2D eigenvalue weighted by Gasteiger charge is -2.20. The van der Waals surface area contributed by atoms with Crippen LogP contribution >= 0.6 is 11.8 Å². The summed E-state index contributed by atoms with van der Waals surface area (Å²) in [5.74, 6) is -0.0669. The average Bonchev–Trinajstić information content (AvgIpc) is 2.70. The zero-order valence-corrected chi connectivity index (χ0v) is 16.9. The fourth-order valence-corrected chi connectivity index (χ4v) is 3.96. The van der Waals surface area contributed by atoms with E-state index in [1.165, 1.54) is 0 Å². The molecule has 0 heterocycles. The van der Waals surface area contributed by atoms with Gasteiger partial charge in [-0.15, -0.1) is 0 Å². The van der Waals surface area contributed by atoms with Gasteiger partial charge in [-0.1, -0.05) is 80.2 Å². The van der Waals surface area contributed by atoms with Crippen LogP contribution in [0.25, 0.3) is 0 Å². The molecule has 0 aliphatic carbocycles. The molecule has 0 aliphatic heterocycles. The molecule has 0 saturated heterocycles. The zero-order valence-electron chi connectivity index (χ0n) is 16.0. The van der Waals surface area contributed by atoms with E-state index in [4.69, 9.17) is 4.74 Å². The van der Waals surface area contributed by atoms with E-state index in [0.29, 0.717) is 12.2 Å². The number of rotatable bonds is 8. The van der Waals surface area contributed by atoms with Crippen LogP contribution in [0.15, 0.2) is 88.7 Å². The van der Waals surface area contributed by atoms with Crippen molar-refractivity contribution in [3.8, 4) is 5.75 Å². The van der Waals surface area contributed by atoms with Gasteiger partial charge in [-0.2, -0.15) is 0 Å². The number of hydrogen-bond acceptors (Lipinski definition) is 3. The van der Waals surface area contributed by atoms with Crippen LogP contribution in [0.4, 0.5) is 0 Å². The molecular formula is C24H24O3S. The molecule has 3 aromatic carbocycles. The normalized spacial score (nSPS) is 12.0. The second-order valence-electron chi connectivity index (χ2n) is 6.86. The van der Waals surface area contributed by atoms with Crippen LogP contribution in [0.3, 0.4) is 0 Å². The van der Waals surface area contributed by atoms with Crippen LogP contribution in [0.2, 0.25) is 0 Å². The van der Waals surface area contributed by atoms with Crippen LogP contribution in [0.5, 0.6) is 5.75 Å². The Balaban J connectivity index is 1.83. The molecule has 0 radical (unpaired) electrons. The molecule has 0 amide bonds. The lowest BCUT2D eigenvalue weighted by atomic mass is 10.0. The number of benzene rings is 3. The minimum absolute atomic E-state index is 0.256. The van der Waals surface area contributed by atoms with E-state index in [1.807, 2.05) is 78.9 Å². The maximum atomic E-state index is 11.9. The maximum Gasteiger partial charge on any atom is 0.345 e. The predicted molar refractivity (Wildman–Crippen MR) is 113 cm³/mol. The van der Waals surface area contributed by atoms with Gasteiger partial charge < -0.3 is 9.84 Å². The summed E-state index contributed by atoms with van der Waals surface area (Å²) in [5, 5.41) is 9.77. The average molecular weight is 393 g/mol. The molecule has 3 rings (SSSR count). The summed E-state index contributed by atoms with van der Waals surface area (Å²) in [6.07, 6.45) is -0.643. The number of carboxylic acid groups (broad SMARTS) is 1. The van der Waals surface area contributed by atoms with E-state index in [9.17, 15) is 9.90 Å². The molecule has 0 unspecified atom stereocenters.